The van der Waals surface area contributed by atoms with E-state index < -0.39 is 0 Å². The lowest BCUT2D eigenvalue weighted by molar-refractivity contribution is -0.139. The Morgan fingerprint density at radius 3 is 1.42 bits per heavy atom. The average Bonchev–Trinajstić information content (AvgIpc) is 3.23. The van der Waals surface area contributed by atoms with Crippen LogP contribution in [0.5, 0.6) is 11.5 Å². The molecule has 10 rings (SSSR count). The maximum atomic E-state index is 13.4. The summed E-state index contributed by atoms with van der Waals surface area (Å²) in [5.74, 6) is 4.41. The lowest BCUT2D eigenvalue weighted by Crippen LogP contribution is -2.61. The smallest absolute Gasteiger partial charge is 0.314 e. The molecule has 0 N–H and O–H groups in total. The number of benzene rings is 2. The maximum absolute atomic E-state index is 13.4. The molecule has 8 aliphatic rings. The zero-order valence-corrected chi connectivity index (χ0v) is 39.9. The van der Waals surface area contributed by atoms with Crippen molar-refractivity contribution in [2.75, 3.05) is 26.2 Å². The number of esters is 2. The number of halogens is 2. The molecule has 6 aliphatic carbocycles. The second-order valence-corrected chi connectivity index (χ2v) is 21.9. The molecular formula is C54H78Cl2N2O4. The Balaban J connectivity index is 0.00000264. The maximum Gasteiger partial charge on any atom is 0.314 e. The Hall–Kier alpha value is -2.12. The van der Waals surface area contributed by atoms with Gasteiger partial charge in [0.1, 0.15) is 11.5 Å². The molecule has 2 aromatic rings. The van der Waals surface area contributed by atoms with Crippen LogP contribution >= 0.6 is 24.8 Å². The third-order valence-corrected chi connectivity index (χ3v) is 18.5. The zero-order chi connectivity index (χ0) is 40.8. The van der Waals surface area contributed by atoms with Gasteiger partial charge in [-0.1, -0.05) is 90.2 Å². The van der Waals surface area contributed by atoms with E-state index in [4.69, 9.17) is 9.47 Å². The first-order valence-corrected chi connectivity index (χ1v) is 25.5. The van der Waals surface area contributed by atoms with Crippen LogP contribution in [0.4, 0.5) is 0 Å². The van der Waals surface area contributed by atoms with Gasteiger partial charge < -0.3 is 9.47 Å². The molecule has 2 saturated heterocycles. The Labute approximate surface area is 386 Å². The molecule has 2 aliphatic heterocycles. The van der Waals surface area contributed by atoms with E-state index in [0.29, 0.717) is 12.1 Å². The van der Waals surface area contributed by atoms with Gasteiger partial charge in [0.2, 0.25) is 0 Å². The van der Waals surface area contributed by atoms with Crippen molar-refractivity contribution in [2.24, 2.45) is 35.5 Å². The fourth-order valence-corrected chi connectivity index (χ4v) is 14.6. The van der Waals surface area contributed by atoms with Crippen LogP contribution in [0, 0.1) is 35.5 Å². The molecule has 2 heterocycles. The number of unbranched alkanes of at least 4 members (excludes halogenated alkanes) is 3. The van der Waals surface area contributed by atoms with Crippen molar-refractivity contribution in [1.82, 2.24) is 9.80 Å². The fourth-order valence-electron chi connectivity index (χ4n) is 14.6. The van der Waals surface area contributed by atoms with Crippen LogP contribution in [0.1, 0.15) is 177 Å². The molecule has 2 unspecified atom stereocenters. The van der Waals surface area contributed by atoms with Crippen molar-refractivity contribution in [3.63, 3.8) is 0 Å². The Morgan fingerprint density at radius 1 is 0.581 bits per heavy atom. The summed E-state index contributed by atoms with van der Waals surface area (Å²) in [5.41, 5.74) is 6.58. The van der Waals surface area contributed by atoms with Crippen LogP contribution in [-0.2, 0) is 33.3 Å². The minimum atomic E-state index is -0.125. The van der Waals surface area contributed by atoms with Crippen molar-refractivity contribution in [3.05, 3.63) is 58.7 Å². The zero-order valence-electron chi connectivity index (χ0n) is 38.2. The van der Waals surface area contributed by atoms with E-state index in [-0.39, 0.29) is 59.4 Å². The minimum absolute atomic E-state index is 0. The monoisotopic (exact) mass is 889 g/mol. The number of fused-ring (bicyclic) bond motifs is 2. The van der Waals surface area contributed by atoms with Crippen LogP contribution in [0.3, 0.4) is 0 Å². The predicted molar refractivity (Wildman–Crippen MR) is 254 cm³/mol. The molecule has 6 nitrogen and oxygen atoms in total. The second-order valence-electron chi connectivity index (χ2n) is 21.9. The molecule has 4 saturated carbocycles. The first-order chi connectivity index (χ1) is 29.3. The molecule has 4 bridgehead atoms. The Kier molecular flexibility index (Phi) is 14.8. The summed E-state index contributed by atoms with van der Waals surface area (Å²) in [7, 11) is 0. The molecule has 0 spiro atoms. The molecule has 0 amide bonds. The molecule has 8 atom stereocenters. The van der Waals surface area contributed by atoms with Gasteiger partial charge in [-0.15, -0.1) is 24.8 Å². The van der Waals surface area contributed by atoms with E-state index in [1.807, 2.05) is 13.8 Å². The molecule has 0 aromatic heterocycles. The largest absolute Gasteiger partial charge is 0.426 e. The molecular weight excluding hydrogens is 812 g/mol. The fraction of sp³-hybridized carbons (Fsp3) is 0.741. The Bertz CT molecular complexity index is 1750. The summed E-state index contributed by atoms with van der Waals surface area (Å²) in [6.07, 6.45) is 29.9. The van der Waals surface area contributed by atoms with Gasteiger partial charge in [0, 0.05) is 36.0 Å². The number of piperidine rings is 2. The third kappa shape index (κ3) is 8.92. The summed E-state index contributed by atoms with van der Waals surface area (Å²) in [6, 6.07) is 14.7. The summed E-state index contributed by atoms with van der Waals surface area (Å²) >= 11 is 0. The number of carbonyl (C=O) groups is 2. The van der Waals surface area contributed by atoms with Crippen LogP contribution in [0.25, 0.3) is 0 Å². The summed E-state index contributed by atoms with van der Waals surface area (Å²) in [4.78, 5) is 32.5. The summed E-state index contributed by atoms with van der Waals surface area (Å²) in [6.45, 7) is 9.15. The van der Waals surface area contributed by atoms with Gasteiger partial charge >= 0.3 is 11.9 Å². The average molecular weight is 890 g/mol. The van der Waals surface area contributed by atoms with Crippen LogP contribution < -0.4 is 9.47 Å². The molecule has 2 aromatic carbocycles. The van der Waals surface area contributed by atoms with E-state index in [9.17, 15) is 9.59 Å². The number of nitrogens with zero attached hydrogens (tertiary/aromatic N) is 2. The number of carbonyl (C=O) groups excluding carboxylic acids is 2. The number of ether oxygens (including phenoxy) is 2. The van der Waals surface area contributed by atoms with Crippen LogP contribution in [0.15, 0.2) is 36.4 Å². The van der Waals surface area contributed by atoms with Gasteiger partial charge in [-0.2, -0.15) is 0 Å². The van der Waals surface area contributed by atoms with Gasteiger partial charge in [0.15, 0.2) is 0 Å². The quantitative estimate of drug-likeness (QED) is 0.101. The van der Waals surface area contributed by atoms with Crippen molar-refractivity contribution in [3.8, 4) is 11.5 Å². The first kappa shape index (κ1) is 46.4. The van der Waals surface area contributed by atoms with E-state index in [0.717, 1.165) is 86.5 Å². The normalized spacial score (nSPS) is 31.2. The number of likely N-dealkylation sites (tertiary alicyclic amines) is 2. The highest BCUT2D eigenvalue weighted by atomic mass is 35.5. The van der Waals surface area contributed by atoms with E-state index in [1.165, 1.54) is 151 Å². The predicted octanol–water partition coefficient (Wildman–Crippen LogP) is 12.4. The third-order valence-electron chi connectivity index (χ3n) is 18.5. The van der Waals surface area contributed by atoms with Gasteiger partial charge in [0.05, 0.1) is 11.8 Å². The number of rotatable bonds is 15. The second kappa shape index (κ2) is 19.8. The van der Waals surface area contributed by atoms with Gasteiger partial charge in [-0.25, -0.2) is 0 Å². The SMILES string of the molecule is CC(CCCCCCC(C)C(=O)Oc1ccc2c(c1)[C@@]13CCCC[C@H]1[C@@H](C2)N(CC1CCC1)CC3)C(=O)Oc1ccc2c(c1)[C@@]13CCCC[C@H]1[C@@H](C2)N(CC1CCC1)CC3.Cl.Cl. The van der Waals surface area contributed by atoms with Gasteiger partial charge in [-0.3, -0.25) is 19.4 Å². The highest BCUT2D eigenvalue weighted by Crippen LogP contribution is 2.58. The molecule has 8 heteroatoms. The molecule has 0 radical (unpaired) electrons. The standard InChI is InChI=1S/C54H76N2O4.2ClH/c1-37(51(57)59-43-23-21-41-31-49-45-19-7-9-25-53(45,47(41)33-43)27-29-55(49)35-39-15-11-16-39)13-5-3-4-6-14-38(2)52(58)60-44-24-22-42-32-50-46-20-8-10-26-54(46,48(42)34-44)28-30-56(50)36-40-17-12-18-40;;/h21-24,33-34,37-40,45-46,49-50H,3-20,25-32,35-36H2,1-2H3;2*1H/t37?,38?,45-,46-,49+,50+,53+,54+;;/m0../s1. The molecule has 62 heavy (non-hydrogen) atoms. The van der Waals surface area contributed by atoms with Crippen LogP contribution in [0.2, 0.25) is 0 Å². The highest BCUT2D eigenvalue weighted by Gasteiger charge is 2.55. The molecule has 6 fully saturated rings. The van der Waals surface area contributed by atoms with Crippen molar-refractivity contribution in [1.29, 1.82) is 0 Å². The first-order valence-electron chi connectivity index (χ1n) is 25.5. The Morgan fingerprint density at radius 2 is 1.02 bits per heavy atom. The van der Waals surface area contributed by atoms with E-state index in [1.54, 1.807) is 0 Å². The van der Waals surface area contributed by atoms with Crippen molar-refractivity contribution < 1.29 is 19.1 Å². The highest BCUT2D eigenvalue weighted by molar-refractivity contribution is 5.85. The van der Waals surface area contributed by atoms with E-state index >= 15 is 0 Å². The minimum Gasteiger partial charge on any atom is -0.426 e. The van der Waals surface area contributed by atoms with Gasteiger partial charge in [0.25, 0.3) is 0 Å². The number of hydrogen-bond donors (Lipinski definition) is 0. The lowest BCUT2D eigenvalue weighted by Gasteiger charge is -2.59. The van der Waals surface area contributed by atoms with Crippen molar-refractivity contribution >= 4 is 36.8 Å². The van der Waals surface area contributed by atoms with Gasteiger partial charge in [-0.05, 0) is 173 Å². The molecule has 342 valence electrons. The van der Waals surface area contributed by atoms with E-state index in [2.05, 4.69) is 46.2 Å². The van der Waals surface area contributed by atoms with Crippen LogP contribution in [-0.4, -0.2) is 60.0 Å². The topological polar surface area (TPSA) is 59.1 Å². The number of hydrogen-bond acceptors (Lipinski definition) is 6. The van der Waals surface area contributed by atoms with Crippen molar-refractivity contribution in [2.45, 2.75) is 191 Å². The summed E-state index contributed by atoms with van der Waals surface area (Å²) in [5, 5.41) is 0. The summed E-state index contributed by atoms with van der Waals surface area (Å²) < 4.78 is 12.3. The lowest BCUT2D eigenvalue weighted by atomic mass is 9.52.